The molecule has 0 aromatic rings. The van der Waals surface area contributed by atoms with Gasteiger partial charge in [-0.15, -0.1) is 0 Å². The SMILES string of the molecule is C.C.C.C.C.C.C[SiH](C)O[Si](O[SiH](C)C)(O[SiH](C)C)O[Si](C)(C)O[Si](O[SiH](C)C)(O[SiH](C)C)O[SiH](C)C. The second-order valence-corrected chi connectivity index (χ2v) is 34.3. The van der Waals surface area contributed by atoms with Crippen LogP contribution in [0.15, 0.2) is 0 Å². The van der Waals surface area contributed by atoms with Crippen molar-refractivity contribution in [1.29, 1.82) is 0 Å². The van der Waals surface area contributed by atoms with Crippen molar-refractivity contribution in [3.8, 4) is 0 Å². The first kappa shape index (κ1) is 54.7. The molecule has 0 aliphatic rings. The van der Waals surface area contributed by atoms with Crippen molar-refractivity contribution in [3.63, 3.8) is 0 Å². The summed E-state index contributed by atoms with van der Waals surface area (Å²) in [5.41, 5.74) is 0. The molecule has 17 heteroatoms. The second kappa shape index (κ2) is 24.3. The first-order chi connectivity index (χ1) is 13.9. The van der Waals surface area contributed by atoms with Crippen molar-refractivity contribution < 1.29 is 32.9 Å². The van der Waals surface area contributed by atoms with Gasteiger partial charge in [0.05, 0.1) is 0 Å². The van der Waals surface area contributed by atoms with E-state index in [2.05, 4.69) is 78.6 Å². The van der Waals surface area contributed by atoms with Gasteiger partial charge in [0, 0.05) is 0 Å². The van der Waals surface area contributed by atoms with Gasteiger partial charge in [-0.05, 0) is 91.7 Å². The molecular formula is C20H72O8Si9. The lowest BCUT2D eigenvalue weighted by molar-refractivity contribution is 0.112. The summed E-state index contributed by atoms with van der Waals surface area (Å²) < 4.78 is 51.8. The highest BCUT2D eigenvalue weighted by Crippen LogP contribution is 2.28. The first-order valence-electron chi connectivity index (χ1n) is 11.4. The van der Waals surface area contributed by atoms with E-state index in [1.807, 2.05) is 13.1 Å². The Morgan fingerprint density at radius 1 is 0.324 bits per heavy atom. The van der Waals surface area contributed by atoms with E-state index in [9.17, 15) is 0 Å². The molecule has 0 saturated heterocycles. The minimum Gasteiger partial charge on any atom is -0.399 e. The van der Waals surface area contributed by atoms with Crippen molar-refractivity contribution in [1.82, 2.24) is 0 Å². The molecule has 37 heavy (non-hydrogen) atoms. The summed E-state index contributed by atoms with van der Waals surface area (Å²) in [6.07, 6.45) is 0. The molecule has 0 aromatic heterocycles. The van der Waals surface area contributed by atoms with Gasteiger partial charge in [0.1, 0.15) is 0 Å². The Bertz CT molecular complexity index is 419. The van der Waals surface area contributed by atoms with E-state index in [-0.39, 0.29) is 44.6 Å². The molecule has 236 valence electrons. The third kappa shape index (κ3) is 25.1. The Kier molecular flexibility index (Phi) is 35.8. The molecule has 0 spiro atoms. The smallest absolute Gasteiger partial charge is 0.399 e. The van der Waals surface area contributed by atoms with E-state index >= 15 is 0 Å². The predicted octanol–water partition coefficient (Wildman–Crippen LogP) is 6.41. The molecule has 0 radical (unpaired) electrons. The van der Waals surface area contributed by atoms with Crippen LogP contribution in [0.1, 0.15) is 44.6 Å². The monoisotopic (exact) mass is 692 g/mol. The van der Waals surface area contributed by atoms with Gasteiger partial charge in [-0.1, -0.05) is 44.6 Å². The Balaban J connectivity index is -0.000000300. The normalized spacial score (nSPS) is 12.0. The Morgan fingerprint density at radius 3 is 0.568 bits per heavy atom. The van der Waals surface area contributed by atoms with Crippen molar-refractivity contribution in [2.45, 2.75) is 136 Å². The van der Waals surface area contributed by atoms with Gasteiger partial charge in [0.2, 0.25) is 0 Å². The molecular weight excluding hydrogens is 621 g/mol. The molecule has 0 fully saturated rings. The van der Waals surface area contributed by atoms with Crippen LogP contribution in [-0.2, 0) is 32.9 Å². The fourth-order valence-corrected chi connectivity index (χ4v) is 30.0. The standard InChI is InChI=1S/C14H48O8Si9.6CH4/c1-23(2)15-30(16-24(3)4,17-25(5)6)21-29(13,14)22-31(18-26(7)8,19-27(9)10)20-28(11)12;;;;;;/h23-28H,1-14H3;6*1H4. The fourth-order valence-electron chi connectivity index (χ4n) is 2.67. The lowest BCUT2D eigenvalue weighted by Gasteiger charge is -2.42. The van der Waals surface area contributed by atoms with E-state index in [0.29, 0.717) is 0 Å². The summed E-state index contributed by atoms with van der Waals surface area (Å²) in [4.78, 5) is 0. The minimum atomic E-state index is -3.33. The lowest BCUT2D eigenvalue weighted by atomic mass is 11.9. The Hall–Kier alpha value is 1.63. The van der Waals surface area contributed by atoms with Crippen LogP contribution in [0.2, 0.25) is 91.7 Å². The van der Waals surface area contributed by atoms with Crippen molar-refractivity contribution >= 4 is 80.9 Å². The average molecular weight is 694 g/mol. The molecule has 0 aliphatic carbocycles. The zero-order chi connectivity index (χ0) is 24.6. The predicted molar refractivity (Wildman–Crippen MR) is 191 cm³/mol. The first-order valence-corrected chi connectivity index (χ1v) is 34.2. The minimum absolute atomic E-state index is 0. The van der Waals surface area contributed by atoms with Crippen molar-refractivity contribution in [3.05, 3.63) is 0 Å². The molecule has 0 aliphatic heterocycles. The number of hydrogen-bond acceptors (Lipinski definition) is 8. The Morgan fingerprint density at radius 2 is 0.459 bits per heavy atom. The highest BCUT2D eigenvalue weighted by atomic mass is 28.6. The number of hydrogen-bond donors (Lipinski definition) is 0. The zero-order valence-electron chi connectivity index (χ0n) is 22.2. The summed E-state index contributed by atoms with van der Waals surface area (Å²) in [6, 6.07) is 0. The van der Waals surface area contributed by atoms with Gasteiger partial charge in [0.25, 0.3) is 0 Å². The summed E-state index contributed by atoms with van der Waals surface area (Å²) >= 11 is 0. The summed E-state index contributed by atoms with van der Waals surface area (Å²) in [6.45, 7) is 29.4. The molecule has 0 saturated carbocycles. The average Bonchev–Trinajstić information content (AvgIpc) is 2.38. The third-order valence-corrected chi connectivity index (χ3v) is 27.2. The van der Waals surface area contributed by atoms with Gasteiger partial charge < -0.3 is 32.9 Å². The van der Waals surface area contributed by atoms with Crippen LogP contribution in [-0.4, -0.2) is 80.9 Å². The molecule has 8 nitrogen and oxygen atoms in total. The zero-order valence-corrected chi connectivity index (χ0v) is 32.2. The van der Waals surface area contributed by atoms with Crippen LogP contribution in [0.5, 0.6) is 0 Å². The summed E-state index contributed by atoms with van der Waals surface area (Å²) in [5.74, 6) is 0. The fraction of sp³-hybridized carbons (Fsp3) is 1.00. The molecule has 0 aromatic carbocycles. The van der Waals surface area contributed by atoms with E-state index < -0.39 is 80.9 Å². The van der Waals surface area contributed by atoms with Gasteiger partial charge in [0.15, 0.2) is 54.2 Å². The topological polar surface area (TPSA) is 73.8 Å². The van der Waals surface area contributed by atoms with Crippen LogP contribution < -0.4 is 0 Å². The van der Waals surface area contributed by atoms with Crippen molar-refractivity contribution in [2.24, 2.45) is 0 Å². The molecule has 0 heterocycles. The molecule has 0 bridgehead atoms. The second-order valence-electron chi connectivity index (χ2n) is 9.60. The Labute approximate surface area is 249 Å². The molecule has 0 atom stereocenters. The van der Waals surface area contributed by atoms with Crippen molar-refractivity contribution in [2.75, 3.05) is 0 Å². The van der Waals surface area contributed by atoms with Crippen LogP contribution in [0, 0.1) is 0 Å². The molecule has 0 amide bonds. The maximum Gasteiger partial charge on any atom is 0.637 e. The van der Waals surface area contributed by atoms with E-state index in [1.54, 1.807) is 0 Å². The van der Waals surface area contributed by atoms with Gasteiger partial charge >= 0.3 is 26.7 Å². The van der Waals surface area contributed by atoms with Crippen LogP contribution in [0.25, 0.3) is 0 Å². The largest absolute Gasteiger partial charge is 0.637 e. The maximum atomic E-state index is 6.69. The molecule has 0 rings (SSSR count). The van der Waals surface area contributed by atoms with Gasteiger partial charge in [-0.3, -0.25) is 0 Å². The van der Waals surface area contributed by atoms with E-state index in [1.165, 1.54) is 0 Å². The molecule has 0 unspecified atom stereocenters. The maximum absolute atomic E-state index is 6.69. The third-order valence-electron chi connectivity index (χ3n) is 3.02. The van der Waals surface area contributed by atoms with Crippen LogP contribution in [0.4, 0.5) is 0 Å². The van der Waals surface area contributed by atoms with Crippen LogP contribution in [0.3, 0.4) is 0 Å². The quantitative estimate of drug-likeness (QED) is 0.172. The van der Waals surface area contributed by atoms with Gasteiger partial charge in [-0.25, -0.2) is 0 Å². The number of rotatable bonds is 16. The van der Waals surface area contributed by atoms with E-state index in [0.717, 1.165) is 0 Å². The van der Waals surface area contributed by atoms with E-state index in [4.69, 9.17) is 32.9 Å². The van der Waals surface area contributed by atoms with Crippen LogP contribution >= 0.6 is 0 Å². The highest BCUT2D eigenvalue weighted by Gasteiger charge is 2.57. The summed E-state index contributed by atoms with van der Waals surface area (Å²) in [5, 5.41) is 0. The molecule has 0 N–H and O–H groups in total. The highest BCUT2D eigenvalue weighted by molar-refractivity contribution is 6.87. The lowest BCUT2D eigenvalue weighted by Crippen LogP contribution is -2.66. The summed E-state index contributed by atoms with van der Waals surface area (Å²) in [7, 11) is -18.5. The van der Waals surface area contributed by atoms with Gasteiger partial charge in [-0.2, -0.15) is 0 Å².